The van der Waals surface area contributed by atoms with E-state index in [1.165, 1.54) is 24.0 Å². The van der Waals surface area contributed by atoms with E-state index in [1.54, 1.807) is 0 Å². The molecule has 1 N–H and O–H groups in total. The van der Waals surface area contributed by atoms with Gasteiger partial charge in [-0.05, 0) is 37.3 Å². The molecular weight excluding hydrogens is 222 g/mol. The second kappa shape index (κ2) is 4.84. The number of hydrogen-bond acceptors (Lipinski definition) is 2. The van der Waals surface area contributed by atoms with Crippen molar-refractivity contribution in [3.05, 3.63) is 47.8 Å². The summed E-state index contributed by atoms with van der Waals surface area (Å²) in [4.78, 5) is 4.38. The van der Waals surface area contributed by atoms with E-state index in [1.807, 2.05) is 6.20 Å². The van der Waals surface area contributed by atoms with E-state index in [-0.39, 0.29) is 0 Å². The van der Waals surface area contributed by atoms with Crippen molar-refractivity contribution in [2.45, 2.75) is 38.8 Å². The van der Waals surface area contributed by atoms with E-state index in [9.17, 15) is 0 Å². The first-order chi connectivity index (χ1) is 8.83. The molecule has 3 rings (SSSR count). The summed E-state index contributed by atoms with van der Waals surface area (Å²) in [6.07, 6.45) is 7.56. The van der Waals surface area contributed by atoms with Gasteiger partial charge < -0.3 is 9.88 Å². The third kappa shape index (κ3) is 2.55. The van der Waals surface area contributed by atoms with Gasteiger partial charge in [0.05, 0.1) is 0 Å². The third-order valence-corrected chi connectivity index (χ3v) is 3.51. The number of imidazole rings is 1. The van der Waals surface area contributed by atoms with Crippen LogP contribution in [0, 0.1) is 6.92 Å². The van der Waals surface area contributed by atoms with Gasteiger partial charge >= 0.3 is 0 Å². The Balaban J connectivity index is 1.66. The molecule has 1 heterocycles. The van der Waals surface area contributed by atoms with Crippen LogP contribution in [-0.4, -0.2) is 15.6 Å². The van der Waals surface area contributed by atoms with Gasteiger partial charge in [0.15, 0.2) is 0 Å². The van der Waals surface area contributed by atoms with Crippen LogP contribution >= 0.6 is 0 Å². The van der Waals surface area contributed by atoms with Gasteiger partial charge in [-0.1, -0.05) is 24.3 Å². The van der Waals surface area contributed by atoms with Gasteiger partial charge in [-0.25, -0.2) is 4.98 Å². The van der Waals surface area contributed by atoms with E-state index >= 15 is 0 Å². The molecule has 1 aliphatic rings. The molecule has 0 radical (unpaired) electrons. The van der Waals surface area contributed by atoms with Crippen molar-refractivity contribution in [3.8, 4) is 0 Å². The lowest BCUT2D eigenvalue weighted by molar-refractivity contribution is 0.697. The maximum atomic E-state index is 4.38. The van der Waals surface area contributed by atoms with E-state index in [0.717, 1.165) is 18.9 Å². The first-order valence-electron chi connectivity index (χ1n) is 6.65. The summed E-state index contributed by atoms with van der Waals surface area (Å²) in [6.45, 7) is 3.16. The summed E-state index contributed by atoms with van der Waals surface area (Å²) in [5.41, 5.74) is 2.79. The average Bonchev–Trinajstić information content (AvgIpc) is 3.07. The molecule has 2 aromatic rings. The Morgan fingerprint density at radius 2 is 2.17 bits per heavy atom. The summed E-state index contributed by atoms with van der Waals surface area (Å²) >= 11 is 0. The Morgan fingerprint density at radius 3 is 2.94 bits per heavy atom. The van der Waals surface area contributed by atoms with Gasteiger partial charge in [0, 0.05) is 25.0 Å². The van der Waals surface area contributed by atoms with Crippen LogP contribution in [0.2, 0.25) is 0 Å². The fourth-order valence-electron chi connectivity index (χ4n) is 2.17. The van der Waals surface area contributed by atoms with Crippen LogP contribution < -0.4 is 5.32 Å². The molecule has 1 aliphatic carbocycles. The molecule has 0 bridgehead atoms. The van der Waals surface area contributed by atoms with Gasteiger partial charge in [-0.3, -0.25) is 0 Å². The molecular formula is C15H19N3. The molecule has 3 heteroatoms. The molecule has 0 unspecified atom stereocenters. The van der Waals surface area contributed by atoms with Crippen LogP contribution in [0.15, 0.2) is 36.7 Å². The summed E-state index contributed by atoms with van der Waals surface area (Å²) in [5, 5.41) is 3.47. The second-order valence-electron chi connectivity index (χ2n) is 5.04. The van der Waals surface area contributed by atoms with Crippen molar-refractivity contribution in [2.75, 3.05) is 5.32 Å². The Labute approximate surface area is 108 Å². The Bertz CT molecular complexity index is 526. The molecule has 0 amide bonds. The van der Waals surface area contributed by atoms with Gasteiger partial charge in [-0.15, -0.1) is 0 Å². The lowest BCUT2D eigenvalue weighted by Gasteiger charge is -2.10. The fraction of sp³-hybridized carbons (Fsp3) is 0.400. The average molecular weight is 241 g/mol. The zero-order valence-electron chi connectivity index (χ0n) is 10.8. The minimum absolute atomic E-state index is 0.657. The number of hydrogen-bond donors (Lipinski definition) is 1. The van der Waals surface area contributed by atoms with Gasteiger partial charge in [0.25, 0.3) is 0 Å². The minimum Gasteiger partial charge on any atom is -0.353 e. The van der Waals surface area contributed by atoms with Gasteiger partial charge in [0.1, 0.15) is 0 Å². The zero-order chi connectivity index (χ0) is 12.4. The van der Waals surface area contributed by atoms with E-state index < -0.39 is 0 Å². The van der Waals surface area contributed by atoms with Gasteiger partial charge in [0.2, 0.25) is 5.95 Å². The molecule has 94 valence electrons. The molecule has 0 atom stereocenters. The molecule has 18 heavy (non-hydrogen) atoms. The normalized spacial score (nSPS) is 14.7. The lowest BCUT2D eigenvalue weighted by atomic mass is 10.1. The summed E-state index contributed by atoms with van der Waals surface area (Å²) in [7, 11) is 0. The van der Waals surface area contributed by atoms with Crippen molar-refractivity contribution >= 4 is 5.95 Å². The maximum Gasteiger partial charge on any atom is 0.202 e. The number of nitrogens with zero attached hydrogens (tertiary/aromatic N) is 2. The zero-order valence-corrected chi connectivity index (χ0v) is 10.8. The highest BCUT2D eigenvalue weighted by Crippen LogP contribution is 2.23. The monoisotopic (exact) mass is 241 g/mol. The highest BCUT2D eigenvalue weighted by atomic mass is 15.2. The highest BCUT2D eigenvalue weighted by Gasteiger charge is 2.22. The predicted molar refractivity (Wildman–Crippen MR) is 73.8 cm³/mol. The molecule has 0 aliphatic heterocycles. The van der Waals surface area contributed by atoms with Crippen LogP contribution in [0.3, 0.4) is 0 Å². The first kappa shape index (κ1) is 11.3. The predicted octanol–water partition coefficient (Wildman–Crippen LogP) is 3.01. The van der Waals surface area contributed by atoms with Gasteiger partial charge in [-0.2, -0.15) is 0 Å². The SMILES string of the molecule is Cc1ccccc1CCn1ccnc1NC1CC1. The molecule has 1 saturated carbocycles. The quantitative estimate of drug-likeness (QED) is 0.872. The fourth-order valence-corrected chi connectivity index (χ4v) is 2.17. The van der Waals surface area contributed by atoms with Crippen molar-refractivity contribution in [1.29, 1.82) is 0 Å². The molecule has 1 aromatic heterocycles. The Kier molecular flexibility index (Phi) is 3.05. The number of nitrogens with one attached hydrogen (secondary N) is 1. The van der Waals surface area contributed by atoms with Crippen LogP contribution in [0.5, 0.6) is 0 Å². The highest BCUT2D eigenvalue weighted by molar-refractivity contribution is 5.30. The van der Waals surface area contributed by atoms with Crippen LogP contribution in [0.25, 0.3) is 0 Å². The number of rotatable bonds is 5. The van der Waals surface area contributed by atoms with E-state index in [0.29, 0.717) is 6.04 Å². The van der Waals surface area contributed by atoms with Crippen LogP contribution in [0.4, 0.5) is 5.95 Å². The largest absolute Gasteiger partial charge is 0.353 e. The lowest BCUT2D eigenvalue weighted by Crippen LogP contribution is -2.10. The molecule has 1 fully saturated rings. The maximum absolute atomic E-state index is 4.38. The van der Waals surface area contributed by atoms with Crippen molar-refractivity contribution in [1.82, 2.24) is 9.55 Å². The Hall–Kier alpha value is -1.77. The number of benzene rings is 1. The molecule has 0 saturated heterocycles. The van der Waals surface area contributed by atoms with Crippen molar-refractivity contribution < 1.29 is 0 Å². The van der Waals surface area contributed by atoms with Crippen molar-refractivity contribution in [2.24, 2.45) is 0 Å². The number of anilines is 1. The molecule has 3 nitrogen and oxygen atoms in total. The molecule has 1 aromatic carbocycles. The summed E-state index contributed by atoms with van der Waals surface area (Å²) < 4.78 is 2.21. The van der Waals surface area contributed by atoms with Crippen LogP contribution in [-0.2, 0) is 13.0 Å². The Morgan fingerprint density at radius 1 is 1.33 bits per heavy atom. The topological polar surface area (TPSA) is 29.9 Å². The van der Waals surface area contributed by atoms with E-state index in [4.69, 9.17) is 0 Å². The first-order valence-corrected chi connectivity index (χ1v) is 6.65. The standard InChI is InChI=1S/C15H19N3/c1-12-4-2-3-5-13(12)8-10-18-11-9-16-15(18)17-14-6-7-14/h2-5,9,11,14H,6-8,10H2,1H3,(H,16,17). The third-order valence-electron chi connectivity index (χ3n) is 3.51. The number of aryl methyl sites for hydroxylation is 3. The molecule has 0 spiro atoms. The number of aromatic nitrogens is 2. The second-order valence-corrected chi connectivity index (χ2v) is 5.04. The summed E-state index contributed by atoms with van der Waals surface area (Å²) in [6, 6.07) is 9.24. The van der Waals surface area contributed by atoms with Crippen LogP contribution in [0.1, 0.15) is 24.0 Å². The van der Waals surface area contributed by atoms with Crippen molar-refractivity contribution in [3.63, 3.8) is 0 Å². The summed E-state index contributed by atoms with van der Waals surface area (Å²) in [5.74, 6) is 1.02. The minimum atomic E-state index is 0.657. The smallest absolute Gasteiger partial charge is 0.202 e. The van der Waals surface area contributed by atoms with E-state index in [2.05, 4.69) is 52.3 Å².